The number of hydrogen-bond donors (Lipinski definition) is 3. The molecule has 0 aromatic heterocycles. The number of urea groups is 1. The number of carbonyl (C=O) groups excluding carboxylic acids is 2. The van der Waals surface area contributed by atoms with E-state index in [9.17, 15) is 18.4 Å². The van der Waals surface area contributed by atoms with Gasteiger partial charge in [-0.05, 0) is 18.1 Å². The maximum Gasteiger partial charge on any atom is 0.312 e. The largest absolute Gasteiger partial charge is 0.352 e. The van der Waals surface area contributed by atoms with Crippen LogP contribution in [0.3, 0.4) is 0 Å². The summed E-state index contributed by atoms with van der Waals surface area (Å²) in [5.41, 5.74) is 4.93. The van der Waals surface area contributed by atoms with Crippen molar-refractivity contribution in [1.82, 2.24) is 5.32 Å². The van der Waals surface area contributed by atoms with Gasteiger partial charge in [0.2, 0.25) is 5.91 Å². The molecule has 0 saturated heterocycles. The number of benzene rings is 1. The first-order chi connectivity index (χ1) is 8.79. The van der Waals surface area contributed by atoms with E-state index >= 15 is 0 Å². The molecule has 0 heterocycles. The van der Waals surface area contributed by atoms with Crippen molar-refractivity contribution in [2.45, 2.75) is 19.9 Å². The third kappa shape index (κ3) is 4.53. The normalized spacial score (nSPS) is 12.1. The fourth-order valence-corrected chi connectivity index (χ4v) is 1.53. The summed E-state index contributed by atoms with van der Waals surface area (Å²) in [7, 11) is 0. The Morgan fingerprint density at radius 3 is 2.11 bits per heavy atom. The number of anilines is 1. The fourth-order valence-electron chi connectivity index (χ4n) is 1.53. The van der Waals surface area contributed by atoms with Crippen LogP contribution in [0.15, 0.2) is 18.2 Å². The first kappa shape index (κ1) is 14.9. The average molecular weight is 271 g/mol. The fraction of sp³-hybridized carbons (Fsp3) is 0.333. The Morgan fingerprint density at radius 1 is 1.16 bits per heavy atom. The molecule has 4 N–H and O–H groups in total. The molecule has 0 aliphatic carbocycles. The average Bonchev–Trinajstić information content (AvgIpc) is 2.23. The van der Waals surface area contributed by atoms with Crippen LogP contribution in [0.5, 0.6) is 0 Å². The highest BCUT2D eigenvalue weighted by molar-refractivity contribution is 5.97. The van der Waals surface area contributed by atoms with Crippen LogP contribution >= 0.6 is 0 Å². The summed E-state index contributed by atoms with van der Waals surface area (Å²) in [6.07, 6.45) is 0. The van der Waals surface area contributed by atoms with E-state index in [-0.39, 0.29) is 11.6 Å². The van der Waals surface area contributed by atoms with Gasteiger partial charge in [0.05, 0.1) is 0 Å². The predicted octanol–water partition coefficient (Wildman–Crippen LogP) is 1.60. The quantitative estimate of drug-likeness (QED) is 0.777. The van der Waals surface area contributed by atoms with E-state index in [0.717, 1.165) is 12.1 Å². The molecule has 1 unspecified atom stereocenters. The first-order valence-corrected chi connectivity index (χ1v) is 5.62. The molecule has 3 amide bonds. The maximum absolute atomic E-state index is 13.0. The molecule has 0 saturated carbocycles. The van der Waals surface area contributed by atoms with Crippen LogP contribution in [-0.2, 0) is 4.79 Å². The summed E-state index contributed by atoms with van der Waals surface area (Å²) in [5, 5.41) is 4.59. The third-order valence-electron chi connectivity index (χ3n) is 2.38. The standard InChI is InChI=1S/C12H15F2N3O2/c1-6(2)10(17-12(15)19)11(18)16-9-4-7(13)3-8(14)5-9/h3-6,10H,1-2H3,(H,16,18)(H3,15,17,19). The van der Waals surface area contributed by atoms with E-state index in [1.165, 1.54) is 0 Å². The Hall–Kier alpha value is -2.18. The molecule has 0 spiro atoms. The lowest BCUT2D eigenvalue weighted by atomic mass is 10.0. The Kier molecular flexibility index (Phi) is 4.80. The zero-order valence-corrected chi connectivity index (χ0v) is 10.5. The van der Waals surface area contributed by atoms with E-state index in [2.05, 4.69) is 10.6 Å². The summed E-state index contributed by atoms with van der Waals surface area (Å²) in [5.74, 6) is -2.44. The molecule has 0 fully saturated rings. The number of amides is 3. The molecule has 5 nitrogen and oxygen atoms in total. The molecular formula is C12H15F2N3O2. The number of nitrogens with two attached hydrogens (primary N) is 1. The van der Waals surface area contributed by atoms with Crippen molar-refractivity contribution >= 4 is 17.6 Å². The van der Waals surface area contributed by atoms with Crippen LogP contribution in [0.25, 0.3) is 0 Å². The Morgan fingerprint density at radius 2 is 1.68 bits per heavy atom. The molecular weight excluding hydrogens is 256 g/mol. The SMILES string of the molecule is CC(C)C(NC(N)=O)C(=O)Nc1cc(F)cc(F)c1. The van der Waals surface area contributed by atoms with Crippen LogP contribution in [0.4, 0.5) is 19.3 Å². The summed E-state index contributed by atoms with van der Waals surface area (Å²) >= 11 is 0. The summed E-state index contributed by atoms with van der Waals surface area (Å²) in [4.78, 5) is 22.7. The lowest BCUT2D eigenvalue weighted by Gasteiger charge is -2.20. The predicted molar refractivity (Wildman–Crippen MR) is 66.3 cm³/mol. The van der Waals surface area contributed by atoms with Crippen LogP contribution in [0.2, 0.25) is 0 Å². The highest BCUT2D eigenvalue weighted by Gasteiger charge is 2.23. The van der Waals surface area contributed by atoms with E-state index in [4.69, 9.17) is 5.73 Å². The summed E-state index contributed by atoms with van der Waals surface area (Å²) < 4.78 is 25.9. The lowest BCUT2D eigenvalue weighted by molar-refractivity contribution is -0.118. The minimum atomic E-state index is -0.885. The second-order valence-corrected chi connectivity index (χ2v) is 4.38. The van der Waals surface area contributed by atoms with Gasteiger partial charge in [0.1, 0.15) is 17.7 Å². The van der Waals surface area contributed by atoms with Gasteiger partial charge in [-0.1, -0.05) is 13.8 Å². The van der Waals surface area contributed by atoms with Crippen LogP contribution < -0.4 is 16.4 Å². The van der Waals surface area contributed by atoms with Crippen LogP contribution in [0.1, 0.15) is 13.8 Å². The maximum atomic E-state index is 13.0. The molecule has 0 aliphatic heterocycles. The van der Waals surface area contributed by atoms with Gasteiger partial charge < -0.3 is 16.4 Å². The van der Waals surface area contributed by atoms with Crippen molar-refractivity contribution in [3.63, 3.8) is 0 Å². The van der Waals surface area contributed by atoms with Gasteiger partial charge in [-0.3, -0.25) is 4.79 Å². The van der Waals surface area contributed by atoms with Crippen molar-refractivity contribution < 1.29 is 18.4 Å². The second-order valence-electron chi connectivity index (χ2n) is 4.38. The van der Waals surface area contributed by atoms with Crippen LogP contribution in [0, 0.1) is 17.6 Å². The highest BCUT2D eigenvalue weighted by Crippen LogP contribution is 2.14. The smallest absolute Gasteiger partial charge is 0.312 e. The van der Waals surface area contributed by atoms with Crippen molar-refractivity contribution in [2.24, 2.45) is 11.7 Å². The second kappa shape index (κ2) is 6.12. The zero-order valence-electron chi connectivity index (χ0n) is 10.5. The van der Waals surface area contributed by atoms with Gasteiger partial charge >= 0.3 is 6.03 Å². The van der Waals surface area contributed by atoms with Crippen molar-refractivity contribution in [2.75, 3.05) is 5.32 Å². The highest BCUT2D eigenvalue weighted by atomic mass is 19.1. The van der Waals surface area contributed by atoms with Crippen molar-refractivity contribution in [3.05, 3.63) is 29.8 Å². The number of halogens is 2. The lowest BCUT2D eigenvalue weighted by Crippen LogP contribution is -2.49. The molecule has 1 atom stereocenters. The molecule has 1 rings (SSSR count). The van der Waals surface area contributed by atoms with Gasteiger partial charge in [-0.2, -0.15) is 0 Å². The zero-order chi connectivity index (χ0) is 14.6. The number of nitrogens with one attached hydrogen (secondary N) is 2. The minimum Gasteiger partial charge on any atom is -0.352 e. The van der Waals surface area contributed by atoms with Gasteiger partial charge in [0, 0.05) is 11.8 Å². The van der Waals surface area contributed by atoms with E-state index in [1.54, 1.807) is 13.8 Å². The summed E-state index contributed by atoms with van der Waals surface area (Å²) in [6, 6.07) is 0.908. The topological polar surface area (TPSA) is 84.2 Å². The van der Waals surface area contributed by atoms with Crippen LogP contribution in [-0.4, -0.2) is 18.0 Å². The van der Waals surface area contributed by atoms with Gasteiger partial charge in [0.15, 0.2) is 0 Å². The Bertz CT molecular complexity index is 472. The van der Waals surface area contributed by atoms with Gasteiger partial charge in [-0.25, -0.2) is 13.6 Å². The molecule has 0 aliphatic rings. The van der Waals surface area contributed by atoms with Gasteiger partial charge in [0.25, 0.3) is 0 Å². The molecule has 0 radical (unpaired) electrons. The number of hydrogen-bond acceptors (Lipinski definition) is 2. The molecule has 1 aromatic carbocycles. The first-order valence-electron chi connectivity index (χ1n) is 5.62. The van der Waals surface area contributed by atoms with E-state index < -0.39 is 29.6 Å². The van der Waals surface area contributed by atoms with Crippen molar-refractivity contribution in [3.8, 4) is 0 Å². The van der Waals surface area contributed by atoms with E-state index in [1.807, 2.05) is 0 Å². The van der Waals surface area contributed by atoms with E-state index in [0.29, 0.717) is 6.07 Å². The number of carbonyl (C=O) groups is 2. The number of rotatable bonds is 4. The molecule has 19 heavy (non-hydrogen) atoms. The monoisotopic (exact) mass is 271 g/mol. The molecule has 7 heteroatoms. The third-order valence-corrected chi connectivity index (χ3v) is 2.38. The molecule has 104 valence electrons. The Balaban J connectivity index is 2.83. The molecule has 1 aromatic rings. The van der Waals surface area contributed by atoms with Crippen molar-refractivity contribution in [1.29, 1.82) is 0 Å². The van der Waals surface area contributed by atoms with Gasteiger partial charge in [-0.15, -0.1) is 0 Å². The minimum absolute atomic E-state index is 0.0283. The number of primary amides is 1. The summed E-state index contributed by atoms with van der Waals surface area (Å²) in [6.45, 7) is 3.40. The Labute approximate surface area is 109 Å². The molecule has 0 bridgehead atoms.